The van der Waals surface area contributed by atoms with Crippen LogP contribution in [0.1, 0.15) is 74.0 Å². The maximum Gasteiger partial charge on any atom is 0.319 e. The highest BCUT2D eigenvalue weighted by Gasteiger charge is 2.51. The maximum absolute atomic E-state index is 13.0. The topological polar surface area (TPSA) is 100 Å². The molecule has 7 rings (SSSR count). The van der Waals surface area contributed by atoms with E-state index in [-0.39, 0.29) is 37.0 Å². The monoisotopic (exact) mass is 552 g/mol. The molecule has 7 nitrogen and oxygen atoms in total. The summed E-state index contributed by atoms with van der Waals surface area (Å²) in [6.45, 7) is 0.160. The van der Waals surface area contributed by atoms with E-state index in [1.165, 1.54) is 19.3 Å². The molecule has 1 heterocycles. The van der Waals surface area contributed by atoms with E-state index in [2.05, 4.69) is 10.6 Å². The number of hydrogen-bond acceptors (Lipinski definition) is 6. The van der Waals surface area contributed by atoms with E-state index in [4.69, 9.17) is 9.47 Å². The molecule has 1 aliphatic heterocycles. The van der Waals surface area contributed by atoms with Crippen molar-refractivity contribution >= 4 is 23.5 Å². The quantitative estimate of drug-likeness (QED) is 0.305. The summed E-state index contributed by atoms with van der Waals surface area (Å²) in [5.41, 5.74) is 3.56. The molecule has 210 valence electrons. The zero-order valence-corrected chi connectivity index (χ0v) is 23.2. The van der Waals surface area contributed by atoms with Crippen LogP contribution in [0.25, 0.3) is 0 Å². The molecule has 5 fully saturated rings. The van der Waals surface area contributed by atoms with E-state index in [1.807, 2.05) is 48.5 Å². The minimum absolute atomic E-state index is 0.0128. The van der Waals surface area contributed by atoms with Gasteiger partial charge in [0, 0.05) is 34.7 Å². The standard InChI is InChI=1S/C31H40N2O5S/c34-9-10-39-19-27-14-28(24-3-1-20(18-35)2-4-24)38-29(37-27)25-5-7-26(8-6-25)32-30(36)33-31-15-21-11-22(16-31)13-23(12-21)17-31/h1-8,21-23,27-29,34-35H,9-19H2,(H2,32,33,36)/t21?,22?,23?,27-,28+,29+,31?/m1/s1. The Kier molecular flexibility index (Phi) is 8.19. The van der Waals surface area contributed by atoms with Gasteiger partial charge in [0.2, 0.25) is 0 Å². The fraction of sp³-hybridized carbons (Fsp3) is 0.581. The SMILES string of the molecule is O=C(Nc1ccc([C@H]2O[C@@H](CSCCO)C[C@@H](c3ccc(CO)cc3)O2)cc1)NC12CC3CC(CC(C3)C1)C2. The number of carbonyl (C=O) groups excluding carboxylic acids is 1. The van der Waals surface area contributed by atoms with Crippen LogP contribution in [0.5, 0.6) is 0 Å². The summed E-state index contributed by atoms with van der Waals surface area (Å²) in [5, 5.41) is 25.0. The molecule has 0 radical (unpaired) electrons. The first-order valence-corrected chi connectivity index (χ1v) is 15.5. The highest BCUT2D eigenvalue weighted by atomic mass is 32.2. The van der Waals surface area contributed by atoms with Gasteiger partial charge in [0.05, 0.1) is 25.4 Å². The molecule has 4 N–H and O–H groups in total. The smallest absolute Gasteiger partial charge is 0.319 e. The average molecular weight is 553 g/mol. The van der Waals surface area contributed by atoms with Crippen LogP contribution in [0.15, 0.2) is 48.5 Å². The van der Waals surface area contributed by atoms with Crippen LogP contribution in [0.3, 0.4) is 0 Å². The van der Waals surface area contributed by atoms with Crippen molar-refractivity contribution in [3.8, 4) is 0 Å². The first-order valence-electron chi connectivity index (χ1n) is 14.4. The third-order valence-corrected chi connectivity index (χ3v) is 10.1. The fourth-order valence-corrected chi connectivity index (χ4v) is 8.47. The molecular formula is C31H40N2O5S. The van der Waals surface area contributed by atoms with Gasteiger partial charge in [-0.25, -0.2) is 4.79 Å². The molecule has 1 saturated heterocycles. The van der Waals surface area contributed by atoms with E-state index < -0.39 is 6.29 Å². The molecular weight excluding hydrogens is 512 g/mol. The zero-order valence-electron chi connectivity index (χ0n) is 22.4. The molecule has 0 unspecified atom stereocenters. The number of hydrogen-bond donors (Lipinski definition) is 4. The Labute approximate surface area is 235 Å². The van der Waals surface area contributed by atoms with Crippen LogP contribution in [0.4, 0.5) is 10.5 Å². The highest BCUT2D eigenvalue weighted by molar-refractivity contribution is 7.99. The Hall–Kier alpha value is -2.10. The molecule has 5 aliphatic rings. The number of ether oxygens (including phenoxy) is 2. The second-order valence-electron chi connectivity index (χ2n) is 12.0. The van der Waals surface area contributed by atoms with Gasteiger partial charge in [-0.15, -0.1) is 0 Å². The molecule has 2 aromatic rings. The second kappa shape index (κ2) is 11.8. The first kappa shape index (κ1) is 27.1. The van der Waals surface area contributed by atoms with Crippen molar-refractivity contribution in [3.63, 3.8) is 0 Å². The normalized spacial score (nSPS) is 33.2. The number of aliphatic hydroxyl groups is 2. The van der Waals surface area contributed by atoms with Crippen molar-refractivity contribution in [2.24, 2.45) is 17.8 Å². The van der Waals surface area contributed by atoms with Crippen LogP contribution < -0.4 is 10.6 Å². The molecule has 2 aromatic carbocycles. The summed E-state index contributed by atoms with van der Waals surface area (Å²) >= 11 is 1.67. The third-order valence-electron chi connectivity index (χ3n) is 9.01. The number of carbonyl (C=O) groups is 1. The summed E-state index contributed by atoms with van der Waals surface area (Å²) in [5.74, 6) is 3.80. The molecule has 0 aromatic heterocycles. The Bertz CT molecular complexity index is 1090. The third kappa shape index (κ3) is 6.30. The summed E-state index contributed by atoms with van der Waals surface area (Å²) < 4.78 is 12.7. The van der Waals surface area contributed by atoms with E-state index in [0.29, 0.717) is 5.75 Å². The molecule has 4 saturated carbocycles. The highest BCUT2D eigenvalue weighted by Crippen LogP contribution is 2.55. The lowest BCUT2D eigenvalue weighted by Crippen LogP contribution is -2.60. The second-order valence-corrected chi connectivity index (χ2v) is 13.2. The summed E-state index contributed by atoms with van der Waals surface area (Å²) in [6.07, 6.45) is 7.47. The van der Waals surface area contributed by atoms with Crippen molar-refractivity contribution in [2.45, 2.75) is 75.6 Å². The molecule has 3 atom stereocenters. The summed E-state index contributed by atoms with van der Waals surface area (Å²) in [4.78, 5) is 13.0. The number of rotatable bonds is 9. The number of urea groups is 1. The molecule has 39 heavy (non-hydrogen) atoms. The fourth-order valence-electron chi connectivity index (χ4n) is 7.69. The Morgan fingerprint density at radius 1 is 0.872 bits per heavy atom. The predicted octanol–water partition coefficient (Wildman–Crippen LogP) is 5.54. The van der Waals surface area contributed by atoms with Gasteiger partial charge >= 0.3 is 6.03 Å². The van der Waals surface area contributed by atoms with Gasteiger partial charge in [0.1, 0.15) is 0 Å². The van der Waals surface area contributed by atoms with Crippen molar-refractivity contribution in [3.05, 3.63) is 65.2 Å². The van der Waals surface area contributed by atoms with Crippen molar-refractivity contribution in [1.82, 2.24) is 5.32 Å². The van der Waals surface area contributed by atoms with Crippen LogP contribution >= 0.6 is 11.8 Å². The minimum Gasteiger partial charge on any atom is -0.396 e. The van der Waals surface area contributed by atoms with Gasteiger partial charge in [0.15, 0.2) is 6.29 Å². The van der Waals surface area contributed by atoms with Gasteiger partial charge in [-0.3, -0.25) is 0 Å². The lowest BCUT2D eigenvalue weighted by atomic mass is 9.53. The van der Waals surface area contributed by atoms with Crippen molar-refractivity contribution in [2.75, 3.05) is 23.4 Å². The summed E-state index contributed by atoms with van der Waals surface area (Å²) in [6, 6.07) is 15.5. The van der Waals surface area contributed by atoms with Gasteiger partial charge in [-0.1, -0.05) is 36.4 Å². The van der Waals surface area contributed by atoms with Crippen LogP contribution in [0, 0.1) is 17.8 Å². The van der Waals surface area contributed by atoms with Crippen molar-refractivity contribution < 1.29 is 24.5 Å². The molecule has 4 aliphatic carbocycles. The van der Waals surface area contributed by atoms with E-state index in [1.54, 1.807) is 11.8 Å². The largest absolute Gasteiger partial charge is 0.396 e. The van der Waals surface area contributed by atoms with Gasteiger partial charge in [-0.05, 0) is 79.5 Å². The minimum atomic E-state index is -0.532. The van der Waals surface area contributed by atoms with Crippen LogP contribution in [-0.2, 0) is 16.1 Å². The first-order chi connectivity index (χ1) is 19.0. The van der Waals surface area contributed by atoms with Gasteiger partial charge in [0.25, 0.3) is 0 Å². The lowest BCUT2D eigenvalue weighted by molar-refractivity contribution is -0.245. The molecule has 0 spiro atoms. The van der Waals surface area contributed by atoms with E-state index in [9.17, 15) is 15.0 Å². The average Bonchev–Trinajstić information content (AvgIpc) is 2.92. The summed E-state index contributed by atoms with van der Waals surface area (Å²) in [7, 11) is 0. The van der Waals surface area contributed by atoms with Crippen LogP contribution in [-0.4, -0.2) is 46.0 Å². The Morgan fingerprint density at radius 2 is 1.51 bits per heavy atom. The number of amides is 2. The zero-order chi connectivity index (χ0) is 26.8. The van der Waals surface area contributed by atoms with Crippen molar-refractivity contribution in [1.29, 1.82) is 0 Å². The number of thioether (sulfide) groups is 1. The maximum atomic E-state index is 13.0. The van der Waals surface area contributed by atoms with Gasteiger partial charge < -0.3 is 30.3 Å². The molecule has 2 amide bonds. The van der Waals surface area contributed by atoms with Crippen LogP contribution in [0.2, 0.25) is 0 Å². The number of nitrogens with one attached hydrogen (secondary N) is 2. The Morgan fingerprint density at radius 3 is 2.13 bits per heavy atom. The number of anilines is 1. The van der Waals surface area contributed by atoms with E-state index in [0.717, 1.165) is 71.6 Å². The lowest BCUT2D eigenvalue weighted by Gasteiger charge is -2.56. The Balaban J connectivity index is 1.10. The number of aliphatic hydroxyl groups excluding tert-OH is 2. The molecule has 4 bridgehead atoms. The predicted molar refractivity (Wildman–Crippen MR) is 152 cm³/mol. The molecule has 8 heteroatoms. The van der Waals surface area contributed by atoms with Gasteiger partial charge in [-0.2, -0.15) is 11.8 Å². The van der Waals surface area contributed by atoms with E-state index >= 15 is 0 Å². The number of benzene rings is 2.